The molecule has 2 fully saturated rings. The standard InChI is InChI=1S/C10H14O4/c1-13-7-3-2-4-10(5-7)6-8(11)14-9(10)12/h7H,2-6H2,1H3. The fourth-order valence-electron chi connectivity index (χ4n) is 2.45. The van der Waals surface area contributed by atoms with Crippen LogP contribution >= 0.6 is 0 Å². The maximum atomic E-state index is 11.5. The van der Waals surface area contributed by atoms with E-state index in [0.29, 0.717) is 6.42 Å². The van der Waals surface area contributed by atoms with Crippen molar-refractivity contribution in [1.82, 2.24) is 0 Å². The van der Waals surface area contributed by atoms with E-state index < -0.39 is 5.41 Å². The topological polar surface area (TPSA) is 52.6 Å². The molecule has 1 spiro atoms. The highest BCUT2D eigenvalue weighted by molar-refractivity contribution is 5.97. The number of hydrogen-bond donors (Lipinski definition) is 0. The number of carbonyl (C=O) groups is 2. The molecule has 1 heterocycles. The summed E-state index contributed by atoms with van der Waals surface area (Å²) in [5.41, 5.74) is -0.560. The number of cyclic esters (lactones) is 2. The van der Waals surface area contributed by atoms with Gasteiger partial charge in [-0.2, -0.15) is 0 Å². The van der Waals surface area contributed by atoms with Gasteiger partial charge in [0.15, 0.2) is 0 Å². The summed E-state index contributed by atoms with van der Waals surface area (Å²) in [4.78, 5) is 22.6. The Morgan fingerprint density at radius 2 is 2.29 bits per heavy atom. The van der Waals surface area contributed by atoms with Crippen LogP contribution in [0.15, 0.2) is 0 Å². The number of ether oxygens (including phenoxy) is 2. The predicted octanol–water partition coefficient (Wildman–Crippen LogP) is 1.04. The molecule has 0 aromatic rings. The van der Waals surface area contributed by atoms with Crippen molar-refractivity contribution in [3.8, 4) is 0 Å². The second kappa shape index (κ2) is 3.35. The molecule has 2 rings (SSSR count). The first kappa shape index (κ1) is 9.65. The van der Waals surface area contributed by atoms with Crippen LogP contribution in [0.3, 0.4) is 0 Å². The van der Waals surface area contributed by atoms with E-state index in [-0.39, 0.29) is 24.5 Å². The van der Waals surface area contributed by atoms with Gasteiger partial charge in [-0.05, 0) is 25.7 Å². The smallest absolute Gasteiger partial charge is 0.320 e. The van der Waals surface area contributed by atoms with Gasteiger partial charge in [-0.3, -0.25) is 9.59 Å². The zero-order valence-electron chi connectivity index (χ0n) is 8.25. The molecule has 1 aliphatic carbocycles. The molecule has 0 amide bonds. The molecule has 0 radical (unpaired) electrons. The van der Waals surface area contributed by atoms with Crippen LogP contribution in [0, 0.1) is 5.41 Å². The van der Waals surface area contributed by atoms with Crippen molar-refractivity contribution in [2.75, 3.05) is 7.11 Å². The third-order valence-electron chi connectivity index (χ3n) is 3.26. The maximum absolute atomic E-state index is 11.5. The van der Waals surface area contributed by atoms with E-state index in [9.17, 15) is 9.59 Å². The summed E-state index contributed by atoms with van der Waals surface area (Å²) in [6, 6.07) is 0. The minimum absolute atomic E-state index is 0.0993. The Morgan fingerprint density at radius 3 is 2.86 bits per heavy atom. The van der Waals surface area contributed by atoms with Crippen LogP contribution < -0.4 is 0 Å². The molecular weight excluding hydrogens is 184 g/mol. The number of methoxy groups -OCH3 is 1. The molecule has 1 saturated heterocycles. The maximum Gasteiger partial charge on any atom is 0.320 e. The van der Waals surface area contributed by atoms with E-state index in [2.05, 4.69) is 4.74 Å². The van der Waals surface area contributed by atoms with E-state index in [0.717, 1.165) is 19.3 Å². The Morgan fingerprint density at radius 1 is 1.50 bits per heavy atom. The number of rotatable bonds is 1. The van der Waals surface area contributed by atoms with Crippen LogP contribution in [-0.2, 0) is 19.1 Å². The van der Waals surface area contributed by atoms with Gasteiger partial charge < -0.3 is 9.47 Å². The van der Waals surface area contributed by atoms with Gasteiger partial charge in [0.2, 0.25) is 0 Å². The van der Waals surface area contributed by atoms with Crippen LogP contribution in [0.2, 0.25) is 0 Å². The highest BCUT2D eigenvalue weighted by atomic mass is 16.6. The average Bonchev–Trinajstić information content (AvgIpc) is 2.42. The third-order valence-corrected chi connectivity index (χ3v) is 3.26. The van der Waals surface area contributed by atoms with Crippen molar-refractivity contribution in [2.45, 2.75) is 38.2 Å². The third kappa shape index (κ3) is 1.43. The molecule has 0 aromatic heterocycles. The van der Waals surface area contributed by atoms with E-state index >= 15 is 0 Å². The molecule has 0 aromatic carbocycles. The van der Waals surface area contributed by atoms with Gasteiger partial charge in [0.1, 0.15) is 0 Å². The van der Waals surface area contributed by atoms with Gasteiger partial charge >= 0.3 is 11.9 Å². The number of hydrogen-bond acceptors (Lipinski definition) is 4. The Bertz CT molecular complexity index is 273. The second-order valence-corrected chi connectivity index (χ2v) is 4.17. The molecule has 78 valence electrons. The van der Waals surface area contributed by atoms with Gasteiger partial charge in [-0.1, -0.05) is 0 Å². The minimum atomic E-state index is -0.560. The lowest BCUT2D eigenvalue weighted by Gasteiger charge is -2.33. The van der Waals surface area contributed by atoms with Crippen molar-refractivity contribution >= 4 is 11.9 Å². The van der Waals surface area contributed by atoms with Crippen LogP contribution in [-0.4, -0.2) is 25.2 Å². The normalized spacial score (nSPS) is 37.6. The fourth-order valence-corrected chi connectivity index (χ4v) is 2.45. The molecule has 1 aliphatic heterocycles. The molecular formula is C10H14O4. The van der Waals surface area contributed by atoms with Crippen molar-refractivity contribution in [2.24, 2.45) is 5.41 Å². The number of esters is 2. The molecule has 14 heavy (non-hydrogen) atoms. The minimum Gasteiger partial charge on any atom is -0.393 e. The van der Waals surface area contributed by atoms with Gasteiger partial charge in [0.05, 0.1) is 17.9 Å². The molecule has 1 saturated carbocycles. The summed E-state index contributed by atoms with van der Waals surface area (Å²) < 4.78 is 9.86. The van der Waals surface area contributed by atoms with Crippen molar-refractivity contribution < 1.29 is 19.1 Å². The first-order valence-corrected chi connectivity index (χ1v) is 4.94. The Balaban J connectivity index is 2.15. The highest BCUT2D eigenvalue weighted by Crippen LogP contribution is 2.44. The van der Waals surface area contributed by atoms with Crippen molar-refractivity contribution in [1.29, 1.82) is 0 Å². The van der Waals surface area contributed by atoms with E-state index in [1.54, 1.807) is 7.11 Å². The Hall–Kier alpha value is -0.900. The van der Waals surface area contributed by atoms with Gasteiger partial charge in [0.25, 0.3) is 0 Å². The molecule has 2 atom stereocenters. The lowest BCUT2D eigenvalue weighted by molar-refractivity contribution is -0.157. The second-order valence-electron chi connectivity index (χ2n) is 4.17. The van der Waals surface area contributed by atoms with Crippen LogP contribution in [0.1, 0.15) is 32.1 Å². The molecule has 0 N–H and O–H groups in total. The molecule has 4 nitrogen and oxygen atoms in total. The first-order chi connectivity index (χ1) is 6.66. The monoisotopic (exact) mass is 198 g/mol. The van der Waals surface area contributed by atoms with E-state index in [1.807, 2.05) is 0 Å². The largest absolute Gasteiger partial charge is 0.393 e. The summed E-state index contributed by atoms with van der Waals surface area (Å²) in [6.07, 6.45) is 3.64. The van der Waals surface area contributed by atoms with Gasteiger partial charge in [-0.25, -0.2) is 0 Å². The lowest BCUT2D eigenvalue weighted by atomic mass is 9.72. The predicted molar refractivity (Wildman–Crippen MR) is 47.4 cm³/mol. The van der Waals surface area contributed by atoms with Gasteiger partial charge in [-0.15, -0.1) is 0 Å². The first-order valence-electron chi connectivity index (χ1n) is 4.94. The van der Waals surface area contributed by atoms with E-state index in [1.165, 1.54) is 0 Å². The molecule has 4 heteroatoms. The van der Waals surface area contributed by atoms with Gasteiger partial charge in [0, 0.05) is 7.11 Å². The summed E-state index contributed by atoms with van der Waals surface area (Å²) in [5, 5.41) is 0. The Labute approximate surface area is 82.6 Å². The van der Waals surface area contributed by atoms with Crippen molar-refractivity contribution in [3.05, 3.63) is 0 Å². The van der Waals surface area contributed by atoms with E-state index in [4.69, 9.17) is 4.74 Å². The summed E-state index contributed by atoms with van der Waals surface area (Å²) in [5.74, 6) is -0.726. The fraction of sp³-hybridized carbons (Fsp3) is 0.800. The average molecular weight is 198 g/mol. The lowest BCUT2D eigenvalue weighted by Crippen LogP contribution is -2.35. The zero-order valence-corrected chi connectivity index (χ0v) is 8.25. The van der Waals surface area contributed by atoms with Crippen molar-refractivity contribution in [3.63, 3.8) is 0 Å². The summed E-state index contributed by atoms with van der Waals surface area (Å²) >= 11 is 0. The van der Waals surface area contributed by atoms with Crippen LogP contribution in [0.5, 0.6) is 0 Å². The summed E-state index contributed by atoms with van der Waals surface area (Å²) in [6.45, 7) is 0. The van der Waals surface area contributed by atoms with Crippen LogP contribution in [0.25, 0.3) is 0 Å². The SMILES string of the molecule is COC1CCCC2(CC(=O)OC2=O)C1. The number of carbonyl (C=O) groups excluding carboxylic acids is 2. The molecule has 2 aliphatic rings. The quantitative estimate of drug-likeness (QED) is 0.466. The molecule has 2 unspecified atom stereocenters. The van der Waals surface area contributed by atoms with Crippen LogP contribution in [0.4, 0.5) is 0 Å². The Kier molecular flexibility index (Phi) is 2.31. The highest BCUT2D eigenvalue weighted by Gasteiger charge is 2.51. The summed E-state index contributed by atoms with van der Waals surface area (Å²) in [7, 11) is 1.64. The molecule has 0 bridgehead atoms. The zero-order chi connectivity index (χ0) is 10.2.